The molecular formula is C11H22N2. The van der Waals surface area contributed by atoms with Crippen LogP contribution < -0.4 is 5.32 Å². The van der Waals surface area contributed by atoms with E-state index in [2.05, 4.69) is 23.7 Å². The summed E-state index contributed by atoms with van der Waals surface area (Å²) in [5.74, 6) is 0.916. The molecule has 0 spiro atoms. The van der Waals surface area contributed by atoms with E-state index < -0.39 is 0 Å². The van der Waals surface area contributed by atoms with Gasteiger partial charge >= 0.3 is 0 Å². The fourth-order valence-corrected chi connectivity index (χ4v) is 1.89. The summed E-state index contributed by atoms with van der Waals surface area (Å²) in [5, 5.41) is 3.41. The Hall–Kier alpha value is -0.340. The highest BCUT2D eigenvalue weighted by Crippen LogP contribution is 2.12. The SMILES string of the molecule is C=CCN(CC)CCC1CCNC1. The lowest BCUT2D eigenvalue weighted by Crippen LogP contribution is -2.26. The van der Waals surface area contributed by atoms with E-state index in [1.165, 1.54) is 32.5 Å². The lowest BCUT2D eigenvalue weighted by molar-refractivity contribution is 0.292. The van der Waals surface area contributed by atoms with Crippen LogP contribution in [0.2, 0.25) is 0 Å². The molecule has 1 saturated heterocycles. The summed E-state index contributed by atoms with van der Waals surface area (Å²) >= 11 is 0. The van der Waals surface area contributed by atoms with Gasteiger partial charge in [-0.25, -0.2) is 0 Å². The molecule has 13 heavy (non-hydrogen) atoms. The zero-order valence-electron chi connectivity index (χ0n) is 8.76. The van der Waals surface area contributed by atoms with Crippen molar-refractivity contribution < 1.29 is 0 Å². The van der Waals surface area contributed by atoms with Crippen molar-refractivity contribution in [2.45, 2.75) is 19.8 Å². The van der Waals surface area contributed by atoms with Crippen LogP contribution in [0.5, 0.6) is 0 Å². The summed E-state index contributed by atoms with van der Waals surface area (Å²) in [7, 11) is 0. The van der Waals surface area contributed by atoms with E-state index in [4.69, 9.17) is 0 Å². The van der Waals surface area contributed by atoms with Crippen molar-refractivity contribution in [3.8, 4) is 0 Å². The first-order valence-corrected chi connectivity index (χ1v) is 5.40. The van der Waals surface area contributed by atoms with Crippen LogP contribution in [0, 0.1) is 5.92 Å². The van der Waals surface area contributed by atoms with Crippen LogP contribution in [-0.4, -0.2) is 37.6 Å². The molecular weight excluding hydrogens is 160 g/mol. The number of nitrogens with zero attached hydrogens (tertiary/aromatic N) is 1. The van der Waals surface area contributed by atoms with E-state index in [0.717, 1.165) is 19.0 Å². The molecule has 0 bridgehead atoms. The second-order valence-corrected chi connectivity index (χ2v) is 3.83. The minimum atomic E-state index is 0.916. The molecule has 0 saturated carbocycles. The first-order chi connectivity index (χ1) is 6.36. The second-order valence-electron chi connectivity index (χ2n) is 3.83. The molecule has 1 rings (SSSR count). The van der Waals surface area contributed by atoms with Crippen molar-refractivity contribution in [2.24, 2.45) is 5.92 Å². The third-order valence-corrected chi connectivity index (χ3v) is 2.85. The first kappa shape index (κ1) is 10.7. The van der Waals surface area contributed by atoms with E-state index in [1.807, 2.05) is 6.08 Å². The molecule has 0 aromatic rings. The highest BCUT2D eigenvalue weighted by Gasteiger charge is 2.14. The van der Waals surface area contributed by atoms with Gasteiger partial charge in [-0.1, -0.05) is 13.0 Å². The molecule has 2 heteroatoms. The number of rotatable bonds is 6. The highest BCUT2D eigenvalue weighted by molar-refractivity contribution is 4.76. The van der Waals surface area contributed by atoms with Gasteiger partial charge in [-0.2, -0.15) is 0 Å². The summed E-state index contributed by atoms with van der Waals surface area (Å²) in [6.07, 6.45) is 4.71. The molecule has 1 atom stereocenters. The first-order valence-electron chi connectivity index (χ1n) is 5.40. The van der Waals surface area contributed by atoms with Crippen molar-refractivity contribution in [1.82, 2.24) is 10.2 Å². The van der Waals surface area contributed by atoms with Gasteiger partial charge in [-0.05, 0) is 44.9 Å². The van der Waals surface area contributed by atoms with Crippen molar-refractivity contribution in [3.63, 3.8) is 0 Å². The Morgan fingerprint density at radius 1 is 1.62 bits per heavy atom. The zero-order valence-corrected chi connectivity index (χ0v) is 8.76. The molecule has 1 aliphatic heterocycles. The van der Waals surface area contributed by atoms with Crippen LogP contribution >= 0.6 is 0 Å². The van der Waals surface area contributed by atoms with Crippen LogP contribution in [0.3, 0.4) is 0 Å². The summed E-state index contributed by atoms with van der Waals surface area (Å²) < 4.78 is 0. The number of likely N-dealkylation sites (N-methyl/N-ethyl adjacent to an activating group) is 1. The Morgan fingerprint density at radius 2 is 2.46 bits per heavy atom. The van der Waals surface area contributed by atoms with Crippen molar-refractivity contribution in [1.29, 1.82) is 0 Å². The molecule has 1 aliphatic rings. The third kappa shape index (κ3) is 3.92. The summed E-state index contributed by atoms with van der Waals surface area (Å²) in [5.41, 5.74) is 0. The van der Waals surface area contributed by atoms with E-state index in [9.17, 15) is 0 Å². The molecule has 1 fully saturated rings. The average Bonchev–Trinajstić information content (AvgIpc) is 2.64. The summed E-state index contributed by atoms with van der Waals surface area (Å²) in [4.78, 5) is 2.45. The van der Waals surface area contributed by atoms with Gasteiger partial charge in [0.15, 0.2) is 0 Å². The van der Waals surface area contributed by atoms with Gasteiger partial charge < -0.3 is 5.32 Å². The van der Waals surface area contributed by atoms with Crippen LogP contribution in [0.25, 0.3) is 0 Å². The molecule has 0 aromatic carbocycles. The number of nitrogens with one attached hydrogen (secondary N) is 1. The largest absolute Gasteiger partial charge is 0.316 e. The number of hydrogen-bond acceptors (Lipinski definition) is 2. The highest BCUT2D eigenvalue weighted by atomic mass is 15.1. The van der Waals surface area contributed by atoms with Gasteiger partial charge in [-0.15, -0.1) is 6.58 Å². The summed E-state index contributed by atoms with van der Waals surface area (Å²) in [6.45, 7) is 11.9. The van der Waals surface area contributed by atoms with E-state index in [-0.39, 0.29) is 0 Å². The van der Waals surface area contributed by atoms with E-state index in [0.29, 0.717) is 0 Å². The standard InChI is InChI=1S/C11H22N2/c1-3-8-13(4-2)9-6-11-5-7-12-10-11/h3,11-12H,1,4-10H2,2H3. The lowest BCUT2D eigenvalue weighted by Gasteiger charge is -2.19. The van der Waals surface area contributed by atoms with E-state index in [1.54, 1.807) is 0 Å². The van der Waals surface area contributed by atoms with Crippen LogP contribution in [0.15, 0.2) is 12.7 Å². The molecule has 76 valence electrons. The Bertz CT molecular complexity index is 139. The second kappa shape index (κ2) is 6.17. The fourth-order valence-electron chi connectivity index (χ4n) is 1.89. The topological polar surface area (TPSA) is 15.3 Å². The van der Waals surface area contributed by atoms with Gasteiger partial charge in [0, 0.05) is 6.54 Å². The summed E-state index contributed by atoms with van der Waals surface area (Å²) in [6, 6.07) is 0. The van der Waals surface area contributed by atoms with Gasteiger partial charge in [0.2, 0.25) is 0 Å². The van der Waals surface area contributed by atoms with Crippen molar-refractivity contribution in [3.05, 3.63) is 12.7 Å². The third-order valence-electron chi connectivity index (χ3n) is 2.85. The van der Waals surface area contributed by atoms with Gasteiger partial charge in [-0.3, -0.25) is 4.90 Å². The molecule has 2 nitrogen and oxygen atoms in total. The van der Waals surface area contributed by atoms with Gasteiger partial charge in [0.05, 0.1) is 0 Å². The minimum absolute atomic E-state index is 0.916. The van der Waals surface area contributed by atoms with Gasteiger partial charge in [0.25, 0.3) is 0 Å². The predicted octanol–water partition coefficient (Wildman–Crippen LogP) is 1.49. The maximum absolute atomic E-state index is 3.77. The van der Waals surface area contributed by atoms with Crippen molar-refractivity contribution >= 4 is 0 Å². The maximum atomic E-state index is 3.77. The van der Waals surface area contributed by atoms with Crippen LogP contribution in [0.1, 0.15) is 19.8 Å². The average molecular weight is 182 g/mol. The van der Waals surface area contributed by atoms with Crippen molar-refractivity contribution in [2.75, 3.05) is 32.7 Å². The van der Waals surface area contributed by atoms with Gasteiger partial charge in [0.1, 0.15) is 0 Å². The molecule has 0 aromatic heterocycles. The lowest BCUT2D eigenvalue weighted by atomic mass is 10.0. The van der Waals surface area contributed by atoms with Crippen LogP contribution in [0.4, 0.5) is 0 Å². The molecule has 0 radical (unpaired) electrons. The molecule has 0 aliphatic carbocycles. The monoisotopic (exact) mass is 182 g/mol. The normalized spacial score (nSPS) is 22.5. The fraction of sp³-hybridized carbons (Fsp3) is 0.818. The van der Waals surface area contributed by atoms with Crippen LogP contribution in [-0.2, 0) is 0 Å². The zero-order chi connectivity index (χ0) is 9.52. The number of hydrogen-bond donors (Lipinski definition) is 1. The Morgan fingerprint density at radius 3 is 3.00 bits per heavy atom. The molecule has 1 heterocycles. The minimum Gasteiger partial charge on any atom is -0.316 e. The molecule has 0 amide bonds. The molecule has 1 unspecified atom stereocenters. The predicted molar refractivity (Wildman–Crippen MR) is 57.9 cm³/mol. The Balaban J connectivity index is 2.10. The molecule has 1 N–H and O–H groups in total. The quantitative estimate of drug-likeness (QED) is 0.626. The Labute approximate surface area is 82.0 Å². The smallest absolute Gasteiger partial charge is 0.0160 e. The maximum Gasteiger partial charge on any atom is 0.0160 e. The van der Waals surface area contributed by atoms with E-state index >= 15 is 0 Å². The Kier molecular flexibility index (Phi) is 5.09.